The molecular formula is C19H24ClN3O. The predicted octanol–water partition coefficient (Wildman–Crippen LogP) is 3.97. The maximum Gasteiger partial charge on any atom is 0.222 e. The van der Waals surface area contributed by atoms with Crippen LogP contribution in [0.15, 0.2) is 30.3 Å². The van der Waals surface area contributed by atoms with Crippen molar-refractivity contribution in [2.45, 2.75) is 25.7 Å². The van der Waals surface area contributed by atoms with Crippen molar-refractivity contribution in [1.82, 2.24) is 9.88 Å². The third-order valence-corrected chi connectivity index (χ3v) is 4.98. The zero-order valence-corrected chi connectivity index (χ0v) is 15.1. The SMILES string of the molecule is CN(C)C(=O)CC[C@H]1CCCN(c2ccc3cc(Cl)ccc3n2)C1. The highest BCUT2D eigenvalue weighted by molar-refractivity contribution is 6.31. The van der Waals surface area contributed by atoms with Crippen molar-refractivity contribution in [3.63, 3.8) is 0 Å². The number of hydrogen-bond acceptors (Lipinski definition) is 3. The van der Waals surface area contributed by atoms with Gasteiger partial charge in [0.05, 0.1) is 5.52 Å². The highest BCUT2D eigenvalue weighted by Crippen LogP contribution is 2.27. The van der Waals surface area contributed by atoms with Crippen LogP contribution in [-0.2, 0) is 4.79 Å². The minimum atomic E-state index is 0.216. The Labute approximate surface area is 148 Å². The Bertz CT molecular complexity index is 732. The summed E-state index contributed by atoms with van der Waals surface area (Å²) in [4.78, 5) is 20.6. The largest absolute Gasteiger partial charge is 0.356 e. The number of carbonyl (C=O) groups is 1. The molecule has 0 unspecified atom stereocenters. The van der Waals surface area contributed by atoms with Gasteiger partial charge in [-0.2, -0.15) is 0 Å². The first-order valence-electron chi connectivity index (χ1n) is 8.54. The van der Waals surface area contributed by atoms with E-state index in [0.29, 0.717) is 12.3 Å². The monoisotopic (exact) mass is 345 g/mol. The normalized spacial score (nSPS) is 18.0. The highest BCUT2D eigenvalue weighted by atomic mass is 35.5. The molecule has 1 fully saturated rings. The zero-order chi connectivity index (χ0) is 17.1. The summed E-state index contributed by atoms with van der Waals surface area (Å²) in [6, 6.07) is 9.96. The van der Waals surface area contributed by atoms with Crippen molar-refractivity contribution < 1.29 is 4.79 Å². The van der Waals surface area contributed by atoms with Crippen molar-refractivity contribution in [2.24, 2.45) is 5.92 Å². The highest BCUT2D eigenvalue weighted by Gasteiger charge is 2.22. The topological polar surface area (TPSA) is 36.4 Å². The van der Waals surface area contributed by atoms with E-state index in [1.54, 1.807) is 4.90 Å². The van der Waals surface area contributed by atoms with Crippen molar-refractivity contribution in [3.8, 4) is 0 Å². The number of halogens is 1. The average molecular weight is 346 g/mol. The molecule has 24 heavy (non-hydrogen) atoms. The fourth-order valence-electron chi connectivity index (χ4n) is 3.32. The van der Waals surface area contributed by atoms with Crippen molar-refractivity contribution in [2.75, 3.05) is 32.1 Å². The lowest BCUT2D eigenvalue weighted by molar-refractivity contribution is -0.129. The summed E-state index contributed by atoms with van der Waals surface area (Å²) < 4.78 is 0. The average Bonchev–Trinajstić information content (AvgIpc) is 2.59. The van der Waals surface area contributed by atoms with Gasteiger partial charge in [0.15, 0.2) is 0 Å². The molecule has 0 N–H and O–H groups in total. The quantitative estimate of drug-likeness (QED) is 0.841. The van der Waals surface area contributed by atoms with E-state index in [-0.39, 0.29) is 5.91 Å². The lowest BCUT2D eigenvalue weighted by Gasteiger charge is -2.33. The van der Waals surface area contributed by atoms with E-state index in [1.807, 2.05) is 32.3 Å². The van der Waals surface area contributed by atoms with Crippen LogP contribution in [0.4, 0.5) is 5.82 Å². The summed E-state index contributed by atoms with van der Waals surface area (Å²) in [5.41, 5.74) is 0.974. The van der Waals surface area contributed by atoms with Crippen LogP contribution in [0.3, 0.4) is 0 Å². The number of carbonyl (C=O) groups excluding carboxylic acids is 1. The number of amides is 1. The van der Waals surface area contributed by atoms with Gasteiger partial charge in [0.1, 0.15) is 5.82 Å². The number of piperidine rings is 1. The molecule has 0 radical (unpaired) electrons. The second-order valence-electron chi connectivity index (χ2n) is 6.79. The van der Waals surface area contributed by atoms with Crippen molar-refractivity contribution in [1.29, 1.82) is 0 Å². The molecule has 1 aliphatic heterocycles. The molecule has 1 aromatic heterocycles. The van der Waals surface area contributed by atoms with E-state index >= 15 is 0 Å². The molecule has 128 valence electrons. The van der Waals surface area contributed by atoms with Gasteiger partial charge in [0.2, 0.25) is 5.91 Å². The molecule has 0 spiro atoms. The molecule has 1 atom stereocenters. The van der Waals surface area contributed by atoms with Gasteiger partial charge >= 0.3 is 0 Å². The number of benzene rings is 1. The van der Waals surface area contributed by atoms with Gasteiger partial charge in [-0.25, -0.2) is 4.98 Å². The first-order chi connectivity index (χ1) is 11.5. The van der Waals surface area contributed by atoms with Gasteiger partial charge < -0.3 is 9.80 Å². The van der Waals surface area contributed by atoms with Crippen LogP contribution in [0.1, 0.15) is 25.7 Å². The van der Waals surface area contributed by atoms with E-state index in [9.17, 15) is 4.79 Å². The molecule has 1 saturated heterocycles. The maximum atomic E-state index is 11.8. The first kappa shape index (κ1) is 17.0. The lowest BCUT2D eigenvalue weighted by Crippen LogP contribution is -2.36. The summed E-state index contributed by atoms with van der Waals surface area (Å²) in [6.45, 7) is 2.01. The van der Waals surface area contributed by atoms with Gasteiger partial charge in [-0.15, -0.1) is 0 Å². The Balaban J connectivity index is 1.68. The molecule has 0 bridgehead atoms. The van der Waals surface area contributed by atoms with Crippen LogP contribution in [0.25, 0.3) is 10.9 Å². The van der Waals surface area contributed by atoms with Crippen LogP contribution in [0, 0.1) is 5.92 Å². The van der Waals surface area contributed by atoms with Gasteiger partial charge in [-0.1, -0.05) is 11.6 Å². The minimum absolute atomic E-state index is 0.216. The lowest BCUT2D eigenvalue weighted by atomic mass is 9.93. The number of aromatic nitrogens is 1. The molecule has 3 rings (SSSR count). The number of nitrogens with zero attached hydrogens (tertiary/aromatic N) is 3. The molecule has 5 heteroatoms. The van der Waals surface area contributed by atoms with Crippen LogP contribution in [0.2, 0.25) is 5.02 Å². The minimum Gasteiger partial charge on any atom is -0.356 e. The third-order valence-electron chi connectivity index (χ3n) is 4.74. The van der Waals surface area contributed by atoms with Crippen LogP contribution in [0.5, 0.6) is 0 Å². The van der Waals surface area contributed by atoms with E-state index < -0.39 is 0 Å². The van der Waals surface area contributed by atoms with E-state index in [4.69, 9.17) is 16.6 Å². The summed E-state index contributed by atoms with van der Waals surface area (Å²) in [5, 5.41) is 1.80. The predicted molar refractivity (Wildman–Crippen MR) is 99.6 cm³/mol. The van der Waals surface area contributed by atoms with Crippen LogP contribution >= 0.6 is 11.6 Å². The number of hydrogen-bond donors (Lipinski definition) is 0. The third kappa shape index (κ3) is 3.99. The second-order valence-corrected chi connectivity index (χ2v) is 7.22. The molecule has 4 nitrogen and oxygen atoms in total. The fourth-order valence-corrected chi connectivity index (χ4v) is 3.50. The second kappa shape index (κ2) is 7.39. The number of rotatable bonds is 4. The summed E-state index contributed by atoms with van der Waals surface area (Å²) in [6.07, 6.45) is 3.94. The van der Waals surface area contributed by atoms with Gasteiger partial charge in [0, 0.05) is 44.0 Å². The Morgan fingerprint density at radius 3 is 2.96 bits per heavy atom. The number of anilines is 1. The van der Waals surface area contributed by atoms with Crippen molar-refractivity contribution >= 4 is 34.2 Å². The fraction of sp³-hybridized carbons (Fsp3) is 0.474. The van der Waals surface area contributed by atoms with Crippen LogP contribution < -0.4 is 4.90 Å². The van der Waals surface area contributed by atoms with Crippen LogP contribution in [-0.4, -0.2) is 43.0 Å². The molecule has 1 amide bonds. The number of fused-ring (bicyclic) bond motifs is 1. The zero-order valence-electron chi connectivity index (χ0n) is 14.3. The molecule has 0 aliphatic carbocycles. The molecule has 0 saturated carbocycles. The molecule has 2 aromatic rings. The Hall–Kier alpha value is -1.81. The maximum absolute atomic E-state index is 11.8. The molecule has 2 heterocycles. The molecule has 1 aromatic carbocycles. The van der Waals surface area contributed by atoms with E-state index in [1.165, 1.54) is 6.42 Å². The van der Waals surface area contributed by atoms with Gasteiger partial charge in [-0.3, -0.25) is 4.79 Å². The molecule has 1 aliphatic rings. The Morgan fingerprint density at radius 2 is 2.17 bits per heavy atom. The molecular weight excluding hydrogens is 322 g/mol. The van der Waals surface area contributed by atoms with Gasteiger partial charge in [-0.05, 0) is 55.5 Å². The van der Waals surface area contributed by atoms with Gasteiger partial charge in [0.25, 0.3) is 0 Å². The van der Waals surface area contributed by atoms with E-state index in [0.717, 1.165) is 47.7 Å². The Morgan fingerprint density at radius 1 is 1.33 bits per heavy atom. The summed E-state index contributed by atoms with van der Waals surface area (Å²) in [7, 11) is 3.64. The number of pyridine rings is 1. The Kier molecular flexibility index (Phi) is 5.24. The summed E-state index contributed by atoms with van der Waals surface area (Å²) >= 11 is 6.04. The summed E-state index contributed by atoms with van der Waals surface area (Å²) in [5.74, 6) is 1.80. The first-order valence-corrected chi connectivity index (χ1v) is 8.92. The smallest absolute Gasteiger partial charge is 0.222 e. The standard InChI is InChI=1S/C19H24ClN3O/c1-22(2)19(24)10-5-14-4-3-11-23(13-14)18-9-6-15-12-16(20)7-8-17(15)21-18/h6-9,12,14H,3-5,10-11,13H2,1-2H3/t14-/m1/s1. The van der Waals surface area contributed by atoms with Crippen molar-refractivity contribution in [3.05, 3.63) is 35.4 Å². The van der Waals surface area contributed by atoms with E-state index in [2.05, 4.69) is 17.0 Å².